The maximum atomic E-state index is 12.9. The molecular formula is C22H25ClN2O5S. The minimum absolute atomic E-state index is 0.0257. The number of carbonyl (C=O) groups is 2. The van der Waals surface area contributed by atoms with Gasteiger partial charge in [-0.3, -0.25) is 14.3 Å². The lowest BCUT2D eigenvalue weighted by molar-refractivity contribution is -0.149. The van der Waals surface area contributed by atoms with Crippen molar-refractivity contribution in [3.8, 4) is 0 Å². The summed E-state index contributed by atoms with van der Waals surface area (Å²) in [6, 6.07) is 11.2. The molecule has 1 aliphatic heterocycles. The number of hydrogen-bond donors (Lipinski definition) is 1. The largest absolute Gasteiger partial charge is 0.466 e. The zero-order valence-electron chi connectivity index (χ0n) is 17.4. The molecule has 3 rings (SSSR count). The number of benzene rings is 2. The van der Waals surface area contributed by atoms with Crippen molar-refractivity contribution in [1.29, 1.82) is 0 Å². The van der Waals surface area contributed by atoms with E-state index >= 15 is 0 Å². The van der Waals surface area contributed by atoms with E-state index in [1.54, 1.807) is 30.0 Å². The number of piperidine rings is 1. The van der Waals surface area contributed by atoms with Crippen LogP contribution in [0.25, 0.3) is 0 Å². The van der Waals surface area contributed by atoms with Crippen LogP contribution in [-0.2, 0) is 19.6 Å². The zero-order valence-corrected chi connectivity index (χ0v) is 19.0. The van der Waals surface area contributed by atoms with E-state index in [2.05, 4.69) is 4.72 Å². The summed E-state index contributed by atoms with van der Waals surface area (Å²) in [5.41, 5.74) is 1.54. The van der Waals surface area contributed by atoms with Crippen molar-refractivity contribution in [3.05, 3.63) is 58.6 Å². The van der Waals surface area contributed by atoms with Gasteiger partial charge in [0, 0.05) is 24.3 Å². The molecule has 31 heavy (non-hydrogen) atoms. The van der Waals surface area contributed by atoms with Crippen LogP contribution in [0, 0.1) is 12.8 Å². The Morgan fingerprint density at radius 2 is 1.87 bits per heavy atom. The highest BCUT2D eigenvalue weighted by Crippen LogP contribution is 2.27. The van der Waals surface area contributed by atoms with Crippen LogP contribution in [0.2, 0.25) is 5.02 Å². The second-order valence-corrected chi connectivity index (χ2v) is 9.50. The summed E-state index contributed by atoms with van der Waals surface area (Å²) in [6.07, 6.45) is 1.02. The van der Waals surface area contributed by atoms with E-state index in [0.29, 0.717) is 38.2 Å². The minimum atomic E-state index is -3.99. The monoisotopic (exact) mass is 464 g/mol. The predicted octanol–water partition coefficient (Wildman–Crippen LogP) is 3.86. The van der Waals surface area contributed by atoms with Crippen molar-refractivity contribution in [3.63, 3.8) is 0 Å². The Hall–Kier alpha value is -2.58. The van der Waals surface area contributed by atoms with Gasteiger partial charge in [0.15, 0.2) is 0 Å². The number of aryl methyl sites for hydroxylation is 1. The van der Waals surface area contributed by atoms with Crippen molar-refractivity contribution >= 4 is 39.2 Å². The lowest BCUT2D eigenvalue weighted by atomic mass is 9.96. The van der Waals surface area contributed by atoms with Crippen LogP contribution in [0.5, 0.6) is 0 Å². The maximum Gasteiger partial charge on any atom is 0.309 e. The smallest absolute Gasteiger partial charge is 0.309 e. The number of anilines is 1. The number of amides is 1. The molecule has 0 spiro atoms. The van der Waals surface area contributed by atoms with E-state index in [1.165, 1.54) is 18.2 Å². The molecule has 1 N–H and O–H groups in total. The van der Waals surface area contributed by atoms with Crippen LogP contribution < -0.4 is 4.72 Å². The van der Waals surface area contributed by atoms with Crippen LogP contribution in [0.15, 0.2) is 47.4 Å². The first-order valence-electron chi connectivity index (χ1n) is 10.1. The third-order valence-corrected chi connectivity index (χ3v) is 7.00. The highest BCUT2D eigenvalue weighted by atomic mass is 35.5. The summed E-state index contributed by atoms with van der Waals surface area (Å²) < 4.78 is 33.3. The molecule has 166 valence electrons. The van der Waals surface area contributed by atoms with Gasteiger partial charge in [-0.25, -0.2) is 8.42 Å². The number of halogens is 1. The lowest BCUT2D eigenvalue weighted by Gasteiger charge is -2.31. The summed E-state index contributed by atoms with van der Waals surface area (Å²) in [5.74, 6) is -0.758. The van der Waals surface area contributed by atoms with E-state index in [-0.39, 0.29) is 33.3 Å². The van der Waals surface area contributed by atoms with Gasteiger partial charge >= 0.3 is 5.97 Å². The number of sulfonamides is 1. The summed E-state index contributed by atoms with van der Waals surface area (Å²) in [7, 11) is -3.99. The van der Waals surface area contributed by atoms with Gasteiger partial charge in [0.05, 0.1) is 17.5 Å². The molecule has 1 aliphatic rings. The topological polar surface area (TPSA) is 92.8 Å². The molecule has 1 amide bonds. The first kappa shape index (κ1) is 23.1. The standard InChI is InChI=1S/C22H25ClN2O5S/c1-3-30-22(27)16-9-11-25(12-10-16)21(26)17-7-8-19(23)20(14-17)31(28,29)24-18-6-4-5-15(2)13-18/h4-8,13-14,16,24H,3,9-12H2,1-2H3. The van der Waals surface area contributed by atoms with Gasteiger partial charge in [0.1, 0.15) is 4.90 Å². The van der Waals surface area contributed by atoms with Crippen LogP contribution >= 0.6 is 11.6 Å². The number of nitrogens with zero attached hydrogens (tertiary/aromatic N) is 1. The van der Waals surface area contributed by atoms with Gasteiger partial charge in [0.25, 0.3) is 15.9 Å². The number of hydrogen-bond acceptors (Lipinski definition) is 5. The summed E-state index contributed by atoms with van der Waals surface area (Å²) in [6.45, 7) is 4.74. The van der Waals surface area contributed by atoms with Crippen LogP contribution in [-0.4, -0.2) is 44.9 Å². The average Bonchev–Trinajstić information content (AvgIpc) is 2.73. The fourth-order valence-electron chi connectivity index (χ4n) is 3.52. The number of nitrogens with one attached hydrogen (secondary N) is 1. The maximum absolute atomic E-state index is 12.9. The Labute approximate surface area is 187 Å². The molecule has 0 unspecified atom stereocenters. The van der Waals surface area contributed by atoms with E-state index in [9.17, 15) is 18.0 Å². The summed E-state index contributed by atoms with van der Waals surface area (Å²) in [4.78, 5) is 26.3. The highest BCUT2D eigenvalue weighted by molar-refractivity contribution is 7.92. The van der Waals surface area contributed by atoms with Crippen LogP contribution in [0.1, 0.15) is 35.7 Å². The first-order valence-corrected chi connectivity index (χ1v) is 11.9. The molecular weight excluding hydrogens is 440 g/mol. The van der Waals surface area contributed by atoms with Crippen molar-refractivity contribution in [2.75, 3.05) is 24.4 Å². The van der Waals surface area contributed by atoms with Gasteiger partial charge in [-0.05, 0) is 62.6 Å². The summed E-state index contributed by atoms with van der Waals surface area (Å²) >= 11 is 6.16. The van der Waals surface area contributed by atoms with Crippen molar-refractivity contribution in [2.45, 2.75) is 31.6 Å². The SMILES string of the molecule is CCOC(=O)C1CCN(C(=O)c2ccc(Cl)c(S(=O)(=O)Nc3cccc(C)c3)c2)CC1. The molecule has 1 fully saturated rings. The molecule has 0 aromatic heterocycles. The average molecular weight is 465 g/mol. The fraction of sp³-hybridized carbons (Fsp3) is 0.364. The molecule has 0 atom stereocenters. The second kappa shape index (κ2) is 9.70. The number of likely N-dealkylation sites (tertiary alicyclic amines) is 1. The quantitative estimate of drug-likeness (QED) is 0.655. The third kappa shape index (κ3) is 5.57. The van der Waals surface area contributed by atoms with E-state index in [0.717, 1.165) is 5.56 Å². The van der Waals surface area contributed by atoms with Gasteiger partial charge in [-0.1, -0.05) is 23.7 Å². The molecule has 0 saturated carbocycles. The first-order chi connectivity index (χ1) is 14.7. The van der Waals surface area contributed by atoms with Crippen molar-refractivity contribution in [1.82, 2.24) is 4.90 Å². The van der Waals surface area contributed by atoms with Crippen LogP contribution in [0.4, 0.5) is 5.69 Å². The van der Waals surface area contributed by atoms with Crippen LogP contribution in [0.3, 0.4) is 0 Å². The Bertz CT molecular complexity index is 1080. The van der Waals surface area contributed by atoms with Gasteiger partial charge in [0.2, 0.25) is 0 Å². The molecule has 0 bridgehead atoms. The summed E-state index contributed by atoms with van der Waals surface area (Å²) in [5, 5.41) is 0.0257. The second-order valence-electron chi connectivity index (χ2n) is 7.44. The molecule has 9 heteroatoms. The third-order valence-electron chi connectivity index (χ3n) is 5.14. The van der Waals surface area contributed by atoms with Crippen molar-refractivity contribution in [2.24, 2.45) is 5.92 Å². The number of rotatable bonds is 6. The number of ether oxygens (including phenoxy) is 1. The molecule has 1 saturated heterocycles. The molecule has 2 aromatic carbocycles. The number of carbonyl (C=O) groups excluding carboxylic acids is 2. The fourth-order valence-corrected chi connectivity index (χ4v) is 5.10. The Morgan fingerprint density at radius 3 is 2.52 bits per heavy atom. The Balaban J connectivity index is 1.76. The predicted molar refractivity (Wildman–Crippen MR) is 119 cm³/mol. The molecule has 7 nitrogen and oxygen atoms in total. The number of esters is 1. The van der Waals surface area contributed by atoms with E-state index in [1.807, 2.05) is 13.0 Å². The molecule has 2 aromatic rings. The Kier molecular flexibility index (Phi) is 7.23. The zero-order chi connectivity index (χ0) is 22.6. The molecule has 0 radical (unpaired) electrons. The van der Waals surface area contributed by atoms with E-state index < -0.39 is 10.0 Å². The minimum Gasteiger partial charge on any atom is -0.466 e. The van der Waals surface area contributed by atoms with E-state index in [4.69, 9.17) is 16.3 Å². The van der Waals surface area contributed by atoms with Gasteiger partial charge in [-0.15, -0.1) is 0 Å². The van der Waals surface area contributed by atoms with Gasteiger partial charge in [-0.2, -0.15) is 0 Å². The van der Waals surface area contributed by atoms with Gasteiger partial charge < -0.3 is 9.64 Å². The Morgan fingerprint density at radius 1 is 1.16 bits per heavy atom. The normalized spacial score (nSPS) is 14.9. The molecule has 1 heterocycles. The molecule has 0 aliphatic carbocycles. The highest BCUT2D eigenvalue weighted by Gasteiger charge is 2.29. The lowest BCUT2D eigenvalue weighted by Crippen LogP contribution is -2.40. The van der Waals surface area contributed by atoms with Crippen molar-refractivity contribution < 1.29 is 22.7 Å².